The molecule has 3 atom stereocenters. The summed E-state index contributed by atoms with van der Waals surface area (Å²) >= 11 is 45.7. The molecule has 1 saturated heterocycles. The highest BCUT2D eigenvalue weighted by molar-refractivity contribution is 6.43. The molecule has 52 heavy (non-hydrogen) atoms. The maximum absolute atomic E-state index is 12.3. The minimum absolute atomic E-state index is 0.0487. The molecule has 1 heterocycles. The number of esters is 1. The van der Waals surface area contributed by atoms with E-state index in [0.29, 0.717) is 81.9 Å². The molecular weight excluding hydrogens is 836 g/mol. The Hall–Kier alpha value is -2.88. The summed E-state index contributed by atoms with van der Waals surface area (Å²) in [4.78, 5) is 45.1. The molecule has 14 heteroatoms. The van der Waals surface area contributed by atoms with E-state index in [1.165, 1.54) is 24.3 Å². The zero-order valence-electron chi connectivity index (χ0n) is 26.9. The number of rotatable bonds is 7. The van der Waals surface area contributed by atoms with Gasteiger partial charge in [0.2, 0.25) is 0 Å². The van der Waals surface area contributed by atoms with Crippen molar-refractivity contribution in [3.8, 4) is 0 Å². The standard InChI is InChI=1S/C13H10Cl2O3.C9H8Cl2O.C9H6Cl2O.C7H4Cl2O/c14-9-2-1-7(5-10(9)15)11(16)8-6-13(8)3-4-18-12(13)17;2*1-2-9(12)6-3-4-7(10)8(11)5-6;8-6-2-1-5(4-10)3-7(6)9/h1-2,5,8H,3-4,6H2;2-5,9,12H,1H2;2-5H,1H2;1-4H. The number of aliphatic hydroxyl groups is 1. The fraction of sp³-hybridized carbons (Fsp3) is 0.158. The highest BCUT2D eigenvalue weighted by Gasteiger charge is 2.66. The van der Waals surface area contributed by atoms with Crippen LogP contribution in [0.3, 0.4) is 0 Å². The molecule has 0 amide bonds. The lowest BCUT2D eigenvalue weighted by Gasteiger charge is -2.05. The van der Waals surface area contributed by atoms with Crippen molar-refractivity contribution in [2.45, 2.75) is 18.9 Å². The summed E-state index contributed by atoms with van der Waals surface area (Å²) in [6, 6.07) is 19.2. The second-order valence-electron chi connectivity index (χ2n) is 11.1. The Morgan fingerprint density at radius 3 is 1.69 bits per heavy atom. The number of aldehydes is 1. The largest absolute Gasteiger partial charge is 0.465 e. The Labute approximate surface area is 340 Å². The number of aliphatic hydroxyl groups excluding tert-OH is 1. The average Bonchev–Trinajstić information content (AvgIpc) is 3.76. The molecule has 272 valence electrons. The van der Waals surface area contributed by atoms with Crippen LogP contribution in [0.1, 0.15) is 55.6 Å². The minimum Gasteiger partial charge on any atom is -0.465 e. The van der Waals surface area contributed by atoms with Crippen LogP contribution in [0, 0.1) is 11.3 Å². The van der Waals surface area contributed by atoms with Gasteiger partial charge in [-0.15, -0.1) is 6.58 Å². The number of carbonyl (C=O) groups excluding carboxylic acids is 4. The third kappa shape index (κ3) is 11.6. The first-order chi connectivity index (χ1) is 24.6. The number of allylic oxidation sites excluding steroid dienone is 1. The van der Waals surface area contributed by atoms with Crippen LogP contribution in [0.15, 0.2) is 98.1 Å². The van der Waals surface area contributed by atoms with E-state index in [9.17, 15) is 24.3 Å². The molecule has 1 saturated carbocycles. The first-order valence-corrected chi connectivity index (χ1v) is 18.0. The molecule has 2 fully saturated rings. The molecule has 6 nitrogen and oxygen atoms in total. The van der Waals surface area contributed by atoms with Crippen molar-refractivity contribution in [3.05, 3.63) is 161 Å². The van der Waals surface area contributed by atoms with Crippen LogP contribution in [-0.2, 0) is 9.53 Å². The van der Waals surface area contributed by atoms with Gasteiger partial charge in [-0.2, -0.15) is 0 Å². The first kappa shape index (κ1) is 43.5. The summed E-state index contributed by atoms with van der Waals surface area (Å²) in [5.74, 6) is -0.702. The topological polar surface area (TPSA) is 97.7 Å². The molecule has 0 bridgehead atoms. The average molecular weight is 864 g/mol. The summed E-state index contributed by atoms with van der Waals surface area (Å²) < 4.78 is 4.95. The summed E-state index contributed by atoms with van der Waals surface area (Å²) in [6.45, 7) is 7.25. The molecule has 3 unspecified atom stereocenters. The molecule has 2 aliphatic rings. The first-order valence-electron chi connectivity index (χ1n) is 15.0. The van der Waals surface area contributed by atoms with Crippen molar-refractivity contribution < 1.29 is 29.0 Å². The normalized spacial score (nSPS) is 17.1. The van der Waals surface area contributed by atoms with Gasteiger partial charge in [-0.05, 0) is 85.1 Å². The van der Waals surface area contributed by atoms with Crippen molar-refractivity contribution in [1.29, 1.82) is 0 Å². The van der Waals surface area contributed by atoms with E-state index >= 15 is 0 Å². The van der Waals surface area contributed by atoms with Gasteiger partial charge in [0, 0.05) is 22.6 Å². The Balaban J connectivity index is 0.000000193. The number of ketones is 2. The third-order valence-electron chi connectivity index (χ3n) is 7.76. The fourth-order valence-corrected chi connectivity index (χ4v) is 5.97. The number of carbonyl (C=O) groups is 4. The SMILES string of the molecule is C=CC(=O)c1ccc(Cl)c(Cl)c1.C=CC(O)c1ccc(Cl)c(Cl)c1.O=C(c1ccc(Cl)c(Cl)c1)C1CC12CCOC2=O.O=Cc1ccc(Cl)c(Cl)c1. The molecule has 1 aliphatic carbocycles. The molecule has 1 N–H and O–H groups in total. The van der Waals surface area contributed by atoms with Crippen molar-refractivity contribution in [3.63, 3.8) is 0 Å². The number of hydrogen-bond acceptors (Lipinski definition) is 6. The zero-order valence-corrected chi connectivity index (χ0v) is 32.9. The van der Waals surface area contributed by atoms with Gasteiger partial charge < -0.3 is 9.84 Å². The van der Waals surface area contributed by atoms with E-state index in [2.05, 4.69) is 13.2 Å². The van der Waals surface area contributed by atoms with Crippen LogP contribution >= 0.6 is 92.8 Å². The van der Waals surface area contributed by atoms with Gasteiger partial charge in [-0.1, -0.05) is 118 Å². The van der Waals surface area contributed by atoms with Crippen molar-refractivity contribution >= 4 is 117 Å². The van der Waals surface area contributed by atoms with Gasteiger partial charge in [-0.3, -0.25) is 19.2 Å². The summed E-state index contributed by atoms with van der Waals surface area (Å²) in [5, 5.41) is 12.7. The van der Waals surface area contributed by atoms with Gasteiger partial charge in [0.15, 0.2) is 11.6 Å². The summed E-state index contributed by atoms with van der Waals surface area (Å²) in [7, 11) is 0. The number of hydrogen-bond donors (Lipinski definition) is 1. The van der Waals surface area contributed by atoms with Crippen molar-refractivity contribution in [1.82, 2.24) is 0 Å². The summed E-state index contributed by atoms with van der Waals surface area (Å²) in [6.07, 6.45) is 3.94. The minimum atomic E-state index is -0.681. The molecule has 0 radical (unpaired) electrons. The number of cyclic esters (lactones) is 1. The fourth-order valence-electron chi connectivity index (χ4n) is 4.76. The van der Waals surface area contributed by atoms with E-state index in [1.807, 2.05) is 0 Å². The second-order valence-corrected chi connectivity index (χ2v) is 14.4. The quantitative estimate of drug-likeness (QED) is 0.0653. The van der Waals surface area contributed by atoms with E-state index < -0.39 is 11.5 Å². The second kappa shape index (κ2) is 20.0. The molecule has 4 aromatic rings. The number of Topliss-reactive ketones (excluding diaryl/α,β-unsaturated/α-hetero) is 1. The lowest BCUT2D eigenvalue weighted by molar-refractivity contribution is -0.142. The predicted molar refractivity (Wildman–Crippen MR) is 211 cm³/mol. The van der Waals surface area contributed by atoms with Gasteiger partial charge in [0.1, 0.15) is 6.29 Å². The number of halogens is 8. The molecule has 0 aromatic heterocycles. The van der Waals surface area contributed by atoms with Crippen LogP contribution in [-0.4, -0.2) is 35.5 Å². The van der Waals surface area contributed by atoms with Crippen LogP contribution in [0.2, 0.25) is 40.2 Å². The third-order valence-corrected chi connectivity index (χ3v) is 10.7. The van der Waals surface area contributed by atoms with Gasteiger partial charge in [0.25, 0.3) is 0 Å². The Morgan fingerprint density at radius 2 is 1.23 bits per heavy atom. The van der Waals surface area contributed by atoms with Gasteiger partial charge in [0.05, 0.1) is 58.3 Å². The van der Waals surface area contributed by atoms with E-state index in [1.54, 1.807) is 60.7 Å². The van der Waals surface area contributed by atoms with Gasteiger partial charge >= 0.3 is 5.97 Å². The van der Waals surface area contributed by atoms with Crippen molar-refractivity contribution in [2.24, 2.45) is 11.3 Å². The number of benzene rings is 4. The molecule has 4 aromatic carbocycles. The highest BCUT2D eigenvalue weighted by atomic mass is 35.5. The summed E-state index contributed by atoms with van der Waals surface area (Å²) in [5.41, 5.74) is 1.68. The molecule has 6 rings (SSSR count). The van der Waals surface area contributed by atoms with Crippen LogP contribution in [0.5, 0.6) is 0 Å². The Bertz CT molecular complexity index is 2000. The maximum atomic E-state index is 12.3. The Morgan fingerprint density at radius 1 is 0.731 bits per heavy atom. The number of ether oxygens (including phenoxy) is 1. The van der Waals surface area contributed by atoms with E-state index in [4.69, 9.17) is 97.5 Å². The van der Waals surface area contributed by atoms with E-state index in [-0.39, 0.29) is 23.5 Å². The monoisotopic (exact) mass is 860 g/mol. The van der Waals surface area contributed by atoms with E-state index in [0.717, 1.165) is 6.29 Å². The lowest BCUT2D eigenvalue weighted by atomic mass is 9.97. The van der Waals surface area contributed by atoms with Gasteiger partial charge in [-0.25, -0.2) is 0 Å². The van der Waals surface area contributed by atoms with Crippen LogP contribution in [0.25, 0.3) is 0 Å². The maximum Gasteiger partial charge on any atom is 0.312 e. The van der Waals surface area contributed by atoms with Crippen LogP contribution in [0.4, 0.5) is 0 Å². The Kier molecular flexibility index (Phi) is 16.7. The van der Waals surface area contributed by atoms with Crippen molar-refractivity contribution in [2.75, 3.05) is 6.61 Å². The predicted octanol–water partition coefficient (Wildman–Crippen LogP) is 12.5. The zero-order chi connectivity index (χ0) is 38.7. The molecular formula is C38H28Cl8O6. The molecule has 1 aliphatic heterocycles. The molecule has 1 spiro atoms. The highest BCUT2D eigenvalue weighted by Crippen LogP contribution is 2.59. The smallest absolute Gasteiger partial charge is 0.312 e. The van der Waals surface area contributed by atoms with Crippen LogP contribution < -0.4 is 0 Å². The lowest BCUT2D eigenvalue weighted by Crippen LogP contribution is -2.16.